The lowest BCUT2D eigenvalue weighted by Gasteiger charge is -2.21. The van der Waals surface area contributed by atoms with Gasteiger partial charge in [-0.1, -0.05) is 28.9 Å². The monoisotopic (exact) mass is 370 g/mol. The van der Waals surface area contributed by atoms with E-state index in [2.05, 4.69) is 5.16 Å². The molecule has 1 aromatic heterocycles. The minimum atomic E-state index is -3.63. The van der Waals surface area contributed by atoms with Gasteiger partial charge < -0.3 is 4.52 Å². The van der Waals surface area contributed by atoms with Crippen LogP contribution in [0.3, 0.4) is 0 Å². The molecule has 136 valence electrons. The van der Waals surface area contributed by atoms with Crippen molar-refractivity contribution in [1.29, 1.82) is 0 Å². The van der Waals surface area contributed by atoms with Crippen molar-refractivity contribution in [1.82, 2.24) is 5.16 Å². The fourth-order valence-electron chi connectivity index (χ4n) is 2.95. The highest BCUT2D eigenvalue weighted by Gasteiger charge is 2.23. The summed E-state index contributed by atoms with van der Waals surface area (Å²) in [6.07, 6.45) is 0. The van der Waals surface area contributed by atoms with Gasteiger partial charge in [-0.2, -0.15) is 0 Å². The summed E-state index contributed by atoms with van der Waals surface area (Å²) < 4.78 is 32.5. The predicted octanol–water partition coefficient (Wildman–Crippen LogP) is 4.40. The summed E-state index contributed by atoms with van der Waals surface area (Å²) >= 11 is 0. The molecule has 0 aliphatic rings. The Morgan fingerprint density at radius 3 is 2.19 bits per heavy atom. The molecule has 0 amide bonds. The van der Waals surface area contributed by atoms with Crippen molar-refractivity contribution < 1.29 is 12.9 Å². The normalized spacial score (nSPS) is 11.6. The molecule has 0 saturated carbocycles. The average Bonchev–Trinajstić information content (AvgIpc) is 2.94. The highest BCUT2D eigenvalue weighted by molar-refractivity contribution is 7.92. The van der Waals surface area contributed by atoms with E-state index in [4.69, 9.17) is 4.52 Å². The standard InChI is InChI=1S/C20H22N2O3S/c1-13-6-10-18(11-7-13)26(23,24)22(5)17-9-8-14(2)19(12-17)20-15(3)21-25-16(20)4/h6-12H,1-5H3. The molecule has 0 spiro atoms. The Labute approximate surface area is 154 Å². The second-order valence-electron chi connectivity index (χ2n) is 6.48. The summed E-state index contributed by atoms with van der Waals surface area (Å²) in [5.74, 6) is 0.715. The SMILES string of the molecule is Cc1ccc(S(=O)(=O)N(C)c2ccc(C)c(-c3c(C)noc3C)c2)cc1. The average molecular weight is 370 g/mol. The van der Waals surface area contributed by atoms with E-state index in [1.807, 2.05) is 45.9 Å². The minimum Gasteiger partial charge on any atom is -0.361 e. The third-order valence-electron chi connectivity index (χ3n) is 4.57. The van der Waals surface area contributed by atoms with Crippen LogP contribution in [0.2, 0.25) is 0 Å². The predicted molar refractivity (Wildman–Crippen MR) is 103 cm³/mol. The highest BCUT2D eigenvalue weighted by Crippen LogP contribution is 2.33. The molecular weight excluding hydrogens is 348 g/mol. The molecule has 5 nitrogen and oxygen atoms in total. The first kappa shape index (κ1) is 18.2. The second-order valence-corrected chi connectivity index (χ2v) is 8.45. The molecule has 3 rings (SSSR count). The molecule has 3 aromatic rings. The molecule has 0 saturated heterocycles. The quantitative estimate of drug-likeness (QED) is 0.683. The van der Waals surface area contributed by atoms with Gasteiger partial charge in [0.05, 0.1) is 16.3 Å². The number of anilines is 1. The van der Waals surface area contributed by atoms with Gasteiger partial charge in [-0.25, -0.2) is 8.42 Å². The van der Waals surface area contributed by atoms with Crippen LogP contribution in [0.15, 0.2) is 51.9 Å². The number of nitrogens with zero attached hydrogens (tertiary/aromatic N) is 2. The van der Waals surface area contributed by atoms with Crippen LogP contribution >= 0.6 is 0 Å². The Bertz CT molecular complexity index is 1030. The van der Waals surface area contributed by atoms with Gasteiger partial charge in [0.15, 0.2) is 0 Å². The maximum Gasteiger partial charge on any atom is 0.264 e. The molecular formula is C20H22N2O3S. The maximum absolute atomic E-state index is 13.0. The Hall–Kier alpha value is -2.60. The smallest absolute Gasteiger partial charge is 0.264 e. The number of aromatic nitrogens is 1. The lowest BCUT2D eigenvalue weighted by Crippen LogP contribution is -2.26. The summed E-state index contributed by atoms with van der Waals surface area (Å²) in [6, 6.07) is 12.4. The third kappa shape index (κ3) is 3.12. The lowest BCUT2D eigenvalue weighted by molar-refractivity contribution is 0.393. The van der Waals surface area contributed by atoms with E-state index >= 15 is 0 Å². The molecule has 0 radical (unpaired) electrons. The van der Waals surface area contributed by atoms with Gasteiger partial charge in [0.2, 0.25) is 0 Å². The fraction of sp³-hybridized carbons (Fsp3) is 0.250. The van der Waals surface area contributed by atoms with Crippen molar-refractivity contribution in [3.63, 3.8) is 0 Å². The molecule has 0 aliphatic heterocycles. The van der Waals surface area contributed by atoms with Gasteiger partial charge in [-0.05, 0) is 63.1 Å². The van der Waals surface area contributed by atoms with Crippen LogP contribution in [-0.2, 0) is 10.0 Å². The first-order valence-corrected chi connectivity index (χ1v) is 9.75. The summed E-state index contributed by atoms with van der Waals surface area (Å²) in [5, 5.41) is 4.01. The molecule has 0 N–H and O–H groups in total. The molecule has 0 aliphatic carbocycles. The summed E-state index contributed by atoms with van der Waals surface area (Å²) in [5.41, 5.74) is 5.25. The minimum absolute atomic E-state index is 0.269. The van der Waals surface area contributed by atoms with Gasteiger partial charge in [0.25, 0.3) is 10.0 Å². The number of benzene rings is 2. The van der Waals surface area contributed by atoms with E-state index in [0.717, 1.165) is 27.9 Å². The molecule has 0 bridgehead atoms. The van der Waals surface area contributed by atoms with Crippen LogP contribution in [0.4, 0.5) is 5.69 Å². The Kier molecular flexibility index (Phi) is 4.63. The van der Waals surface area contributed by atoms with E-state index in [9.17, 15) is 8.42 Å². The molecule has 26 heavy (non-hydrogen) atoms. The van der Waals surface area contributed by atoms with E-state index < -0.39 is 10.0 Å². The molecule has 0 atom stereocenters. The van der Waals surface area contributed by atoms with Crippen molar-refractivity contribution >= 4 is 15.7 Å². The molecule has 0 fully saturated rings. The van der Waals surface area contributed by atoms with Crippen molar-refractivity contribution in [3.05, 3.63) is 65.0 Å². The van der Waals surface area contributed by atoms with Gasteiger partial charge in [0, 0.05) is 12.6 Å². The number of rotatable bonds is 4. The first-order valence-electron chi connectivity index (χ1n) is 8.31. The van der Waals surface area contributed by atoms with Gasteiger partial charge >= 0.3 is 0 Å². The Balaban J connectivity index is 2.07. The second kappa shape index (κ2) is 6.61. The largest absolute Gasteiger partial charge is 0.361 e. The number of sulfonamides is 1. The Morgan fingerprint density at radius 2 is 1.62 bits per heavy atom. The van der Waals surface area contributed by atoms with E-state index in [1.54, 1.807) is 31.3 Å². The summed E-state index contributed by atoms with van der Waals surface area (Å²) in [6.45, 7) is 7.65. The van der Waals surface area contributed by atoms with E-state index in [0.29, 0.717) is 11.4 Å². The van der Waals surface area contributed by atoms with Crippen LogP contribution in [-0.4, -0.2) is 20.6 Å². The molecule has 2 aromatic carbocycles. The zero-order chi connectivity index (χ0) is 19.1. The summed E-state index contributed by atoms with van der Waals surface area (Å²) in [7, 11) is -2.07. The molecule has 0 unspecified atom stereocenters. The molecule has 1 heterocycles. The topological polar surface area (TPSA) is 63.4 Å². The van der Waals surface area contributed by atoms with E-state index in [1.165, 1.54) is 4.31 Å². The van der Waals surface area contributed by atoms with Crippen molar-refractivity contribution in [2.24, 2.45) is 0 Å². The van der Waals surface area contributed by atoms with Gasteiger partial charge in [0.1, 0.15) is 5.76 Å². The van der Waals surface area contributed by atoms with Gasteiger partial charge in [-0.15, -0.1) is 0 Å². The van der Waals surface area contributed by atoms with Crippen molar-refractivity contribution in [3.8, 4) is 11.1 Å². The zero-order valence-electron chi connectivity index (χ0n) is 15.6. The van der Waals surface area contributed by atoms with Crippen LogP contribution < -0.4 is 4.31 Å². The Morgan fingerprint density at radius 1 is 0.962 bits per heavy atom. The fourth-order valence-corrected chi connectivity index (χ4v) is 4.14. The van der Waals surface area contributed by atoms with Crippen LogP contribution in [0.25, 0.3) is 11.1 Å². The molecule has 6 heteroatoms. The number of hydrogen-bond donors (Lipinski definition) is 0. The van der Waals surface area contributed by atoms with Crippen molar-refractivity contribution in [2.75, 3.05) is 11.4 Å². The third-order valence-corrected chi connectivity index (χ3v) is 6.37. The number of aryl methyl sites for hydroxylation is 4. The van der Waals surface area contributed by atoms with Crippen LogP contribution in [0.1, 0.15) is 22.6 Å². The van der Waals surface area contributed by atoms with Crippen LogP contribution in [0, 0.1) is 27.7 Å². The number of hydrogen-bond acceptors (Lipinski definition) is 4. The van der Waals surface area contributed by atoms with Crippen LogP contribution in [0.5, 0.6) is 0 Å². The first-order chi connectivity index (χ1) is 12.2. The van der Waals surface area contributed by atoms with E-state index in [-0.39, 0.29) is 4.90 Å². The maximum atomic E-state index is 13.0. The van der Waals surface area contributed by atoms with Gasteiger partial charge in [-0.3, -0.25) is 4.31 Å². The summed E-state index contributed by atoms with van der Waals surface area (Å²) in [4.78, 5) is 0.269. The van der Waals surface area contributed by atoms with Crippen molar-refractivity contribution in [2.45, 2.75) is 32.6 Å². The zero-order valence-corrected chi connectivity index (χ0v) is 16.4. The highest BCUT2D eigenvalue weighted by atomic mass is 32.2. The lowest BCUT2D eigenvalue weighted by atomic mass is 9.98.